The number of benzene rings is 1. The Bertz CT molecular complexity index is 388. The summed E-state index contributed by atoms with van der Waals surface area (Å²) in [6, 6.07) is 9.07. The van der Waals surface area contributed by atoms with Crippen LogP contribution in [0.1, 0.15) is 18.4 Å². The summed E-state index contributed by atoms with van der Waals surface area (Å²) in [6.07, 6.45) is 2.26. The van der Waals surface area contributed by atoms with Gasteiger partial charge in [-0.3, -0.25) is 0 Å². The van der Waals surface area contributed by atoms with Crippen molar-refractivity contribution in [1.29, 1.82) is 0 Å². The van der Waals surface area contributed by atoms with Gasteiger partial charge in [-0.2, -0.15) is 0 Å². The summed E-state index contributed by atoms with van der Waals surface area (Å²) in [6.45, 7) is 2.27. The van der Waals surface area contributed by atoms with E-state index in [1.54, 1.807) is 12.1 Å². The van der Waals surface area contributed by atoms with Gasteiger partial charge in [0, 0.05) is 6.54 Å². The molecule has 1 aliphatic heterocycles. The smallest absolute Gasteiger partial charge is 0.329 e. The van der Waals surface area contributed by atoms with E-state index in [0.717, 1.165) is 25.9 Å². The van der Waals surface area contributed by atoms with Gasteiger partial charge >= 0.3 is 5.97 Å². The molecule has 1 aliphatic rings. The Balaban J connectivity index is 2.23. The summed E-state index contributed by atoms with van der Waals surface area (Å²) in [5.41, 5.74) is 5.47. The van der Waals surface area contributed by atoms with Crippen molar-refractivity contribution < 1.29 is 9.90 Å². The van der Waals surface area contributed by atoms with Crippen LogP contribution in [-0.4, -0.2) is 35.6 Å². The molecule has 0 spiro atoms. The van der Waals surface area contributed by atoms with Gasteiger partial charge in [-0.1, -0.05) is 30.3 Å². The maximum Gasteiger partial charge on any atom is 0.329 e. The van der Waals surface area contributed by atoms with Crippen LogP contribution < -0.4 is 5.73 Å². The number of nitrogens with two attached hydrogens (primary N) is 1. The Morgan fingerprint density at radius 3 is 2.41 bits per heavy atom. The molecular formula is C13H18N2O2. The van der Waals surface area contributed by atoms with Gasteiger partial charge < -0.3 is 15.7 Å². The minimum absolute atomic E-state index is 0.381. The largest absolute Gasteiger partial charge is 0.480 e. The third-order valence-electron chi connectivity index (χ3n) is 3.34. The average molecular weight is 234 g/mol. The quantitative estimate of drug-likeness (QED) is 0.816. The van der Waals surface area contributed by atoms with E-state index in [1.165, 1.54) is 0 Å². The lowest BCUT2D eigenvalue weighted by molar-refractivity contribution is -0.144. The lowest BCUT2D eigenvalue weighted by Gasteiger charge is -2.30. The maximum absolute atomic E-state index is 11.5. The Morgan fingerprint density at radius 2 is 1.88 bits per heavy atom. The van der Waals surface area contributed by atoms with Gasteiger partial charge in [-0.05, 0) is 31.5 Å². The number of carboxylic acid groups (broad SMARTS) is 1. The van der Waals surface area contributed by atoms with Gasteiger partial charge in [0.25, 0.3) is 0 Å². The van der Waals surface area contributed by atoms with E-state index in [4.69, 9.17) is 5.73 Å². The second-order valence-corrected chi connectivity index (χ2v) is 4.63. The van der Waals surface area contributed by atoms with Crippen LogP contribution >= 0.6 is 0 Å². The molecule has 0 radical (unpaired) electrons. The van der Waals surface area contributed by atoms with Crippen molar-refractivity contribution in [2.24, 2.45) is 5.73 Å². The molecular weight excluding hydrogens is 216 g/mol. The van der Waals surface area contributed by atoms with E-state index >= 15 is 0 Å². The molecule has 1 heterocycles. The van der Waals surface area contributed by atoms with E-state index in [9.17, 15) is 9.90 Å². The molecule has 0 saturated carbocycles. The van der Waals surface area contributed by atoms with E-state index in [0.29, 0.717) is 12.1 Å². The highest BCUT2D eigenvalue weighted by Crippen LogP contribution is 2.22. The van der Waals surface area contributed by atoms with Crippen molar-refractivity contribution in [3.63, 3.8) is 0 Å². The average Bonchev–Trinajstić information content (AvgIpc) is 2.82. The van der Waals surface area contributed by atoms with E-state index in [1.807, 2.05) is 18.2 Å². The zero-order valence-electron chi connectivity index (χ0n) is 9.80. The number of hydrogen-bond acceptors (Lipinski definition) is 3. The molecule has 1 saturated heterocycles. The van der Waals surface area contributed by atoms with Crippen LogP contribution in [0, 0.1) is 0 Å². The molecule has 92 valence electrons. The molecule has 2 rings (SSSR count). The van der Waals surface area contributed by atoms with Crippen LogP contribution in [0.4, 0.5) is 0 Å². The number of rotatable bonds is 4. The number of aliphatic carboxylic acids is 1. The minimum Gasteiger partial charge on any atom is -0.480 e. The molecule has 1 atom stereocenters. The predicted octanol–water partition coefficient (Wildman–Crippen LogP) is 1.02. The molecule has 1 fully saturated rings. The van der Waals surface area contributed by atoms with Gasteiger partial charge in [0.05, 0.1) is 0 Å². The normalized spacial score (nSPS) is 20.1. The van der Waals surface area contributed by atoms with Crippen LogP contribution in [0.3, 0.4) is 0 Å². The number of hydrogen-bond donors (Lipinski definition) is 2. The molecule has 3 N–H and O–H groups in total. The highest BCUT2D eigenvalue weighted by atomic mass is 16.4. The van der Waals surface area contributed by atoms with Crippen molar-refractivity contribution >= 4 is 5.97 Å². The fourth-order valence-electron chi connectivity index (χ4n) is 2.31. The van der Waals surface area contributed by atoms with Crippen LogP contribution in [0.2, 0.25) is 0 Å². The molecule has 17 heavy (non-hydrogen) atoms. The third-order valence-corrected chi connectivity index (χ3v) is 3.34. The summed E-state index contributed by atoms with van der Waals surface area (Å²) >= 11 is 0. The molecule has 4 heteroatoms. The molecule has 0 aromatic heterocycles. The number of nitrogens with zero attached hydrogens (tertiary/aromatic N) is 1. The first-order chi connectivity index (χ1) is 8.13. The van der Waals surface area contributed by atoms with Gasteiger partial charge in [-0.15, -0.1) is 0 Å². The first-order valence-electron chi connectivity index (χ1n) is 5.93. The second kappa shape index (κ2) is 4.85. The zero-order chi connectivity index (χ0) is 12.3. The molecule has 1 aromatic carbocycles. The first kappa shape index (κ1) is 12.1. The van der Waals surface area contributed by atoms with Crippen LogP contribution in [0.15, 0.2) is 30.3 Å². The summed E-state index contributed by atoms with van der Waals surface area (Å²) in [7, 11) is 0. The second-order valence-electron chi connectivity index (χ2n) is 4.63. The van der Waals surface area contributed by atoms with E-state index in [2.05, 4.69) is 4.90 Å². The molecule has 0 aliphatic carbocycles. The minimum atomic E-state index is -1.30. The highest BCUT2D eigenvalue weighted by Gasteiger charge is 2.38. The lowest BCUT2D eigenvalue weighted by atomic mass is 9.90. The molecule has 1 aromatic rings. The van der Waals surface area contributed by atoms with Crippen molar-refractivity contribution in [2.45, 2.75) is 18.4 Å². The standard InChI is InChI=1S/C13H18N2O2/c14-13(12(16)17,10-15-8-4-5-9-15)11-6-2-1-3-7-11/h1-3,6-7H,4-5,8-10,14H2,(H,16,17). The topological polar surface area (TPSA) is 66.6 Å². The monoisotopic (exact) mass is 234 g/mol. The van der Waals surface area contributed by atoms with Crippen LogP contribution in [0.5, 0.6) is 0 Å². The van der Waals surface area contributed by atoms with Gasteiger partial charge in [0.15, 0.2) is 5.54 Å². The maximum atomic E-state index is 11.5. The Labute approximate surface area is 101 Å². The summed E-state index contributed by atoms with van der Waals surface area (Å²) in [5.74, 6) is -0.962. The predicted molar refractivity (Wildman–Crippen MR) is 65.6 cm³/mol. The van der Waals surface area contributed by atoms with Crippen molar-refractivity contribution in [2.75, 3.05) is 19.6 Å². The van der Waals surface area contributed by atoms with Crippen molar-refractivity contribution in [1.82, 2.24) is 4.90 Å². The van der Waals surface area contributed by atoms with Gasteiger partial charge in [-0.25, -0.2) is 4.79 Å². The van der Waals surface area contributed by atoms with E-state index in [-0.39, 0.29) is 0 Å². The molecule has 4 nitrogen and oxygen atoms in total. The summed E-state index contributed by atoms with van der Waals surface area (Å²) in [5, 5.41) is 9.39. The molecule has 0 bridgehead atoms. The fraction of sp³-hybridized carbons (Fsp3) is 0.462. The number of carboxylic acids is 1. The van der Waals surface area contributed by atoms with Gasteiger partial charge in [0.1, 0.15) is 0 Å². The van der Waals surface area contributed by atoms with Crippen LogP contribution in [-0.2, 0) is 10.3 Å². The SMILES string of the molecule is NC(CN1CCCC1)(C(=O)O)c1ccccc1. The summed E-state index contributed by atoms with van der Waals surface area (Å²) in [4.78, 5) is 13.6. The summed E-state index contributed by atoms with van der Waals surface area (Å²) < 4.78 is 0. The lowest BCUT2D eigenvalue weighted by Crippen LogP contribution is -2.52. The molecule has 0 amide bonds. The molecule has 1 unspecified atom stereocenters. The first-order valence-corrected chi connectivity index (χ1v) is 5.93. The zero-order valence-corrected chi connectivity index (χ0v) is 9.80. The van der Waals surface area contributed by atoms with Gasteiger partial charge in [0.2, 0.25) is 0 Å². The number of carbonyl (C=O) groups is 1. The fourth-order valence-corrected chi connectivity index (χ4v) is 2.31. The number of likely N-dealkylation sites (tertiary alicyclic amines) is 1. The highest BCUT2D eigenvalue weighted by molar-refractivity contribution is 5.80. The third kappa shape index (κ3) is 2.48. The van der Waals surface area contributed by atoms with E-state index < -0.39 is 11.5 Å². The Morgan fingerprint density at radius 1 is 1.29 bits per heavy atom. The van der Waals surface area contributed by atoms with Crippen molar-refractivity contribution in [3.05, 3.63) is 35.9 Å². The van der Waals surface area contributed by atoms with Crippen molar-refractivity contribution in [3.8, 4) is 0 Å². The Hall–Kier alpha value is -1.39. The Kier molecular flexibility index (Phi) is 3.45. The van der Waals surface area contributed by atoms with Crippen LogP contribution in [0.25, 0.3) is 0 Å².